The molecule has 5 nitrogen and oxygen atoms in total. The minimum atomic E-state index is -2.67. The highest BCUT2D eigenvalue weighted by Gasteiger charge is 2.41. The second kappa shape index (κ2) is 7.31. The molecule has 1 aromatic heterocycles. The predicted molar refractivity (Wildman–Crippen MR) is 116 cm³/mol. The molecular formula is C24H30F2N4O. The van der Waals surface area contributed by atoms with Crippen molar-refractivity contribution in [2.45, 2.75) is 69.9 Å². The maximum atomic E-state index is 13.9. The van der Waals surface area contributed by atoms with Gasteiger partial charge in [0.15, 0.2) is 0 Å². The van der Waals surface area contributed by atoms with Crippen molar-refractivity contribution < 1.29 is 13.6 Å². The van der Waals surface area contributed by atoms with Crippen LogP contribution in [0.2, 0.25) is 0 Å². The van der Waals surface area contributed by atoms with Gasteiger partial charge in [0.1, 0.15) is 5.66 Å². The lowest BCUT2D eigenvalue weighted by Crippen LogP contribution is -2.48. The molecule has 31 heavy (non-hydrogen) atoms. The molecule has 0 radical (unpaired) electrons. The number of benzene rings is 1. The van der Waals surface area contributed by atoms with E-state index in [0.29, 0.717) is 23.9 Å². The molecule has 2 saturated carbocycles. The van der Waals surface area contributed by atoms with E-state index >= 15 is 0 Å². The van der Waals surface area contributed by atoms with Crippen LogP contribution in [0.4, 0.5) is 14.5 Å². The van der Waals surface area contributed by atoms with Crippen molar-refractivity contribution in [3.05, 3.63) is 47.5 Å². The van der Waals surface area contributed by atoms with Gasteiger partial charge in [-0.1, -0.05) is 18.9 Å². The SMILES string of the molecule is Cc1cn([C@@](C)(CC2CC2)NC(=O)c2ccc(C3CC3)c(N3CCC(F)(F)C3)c2)cn1. The number of halogens is 2. The third-order valence-corrected chi connectivity index (χ3v) is 6.87. The maximum Gasteiger partial charge on any atom is 0.266 e. The summed E-state index contributed by atoms with van der Waals surface area (Å²) in [5.74, 6) is -1.81. The largest absolute Gasteiger partial charge is 0.365 e. The van der Waals surface area contributed by atoms with Gasteiger partial charge in [-0.05, 0) is 62.6 Å². The molecule has 0 unspecified atom stereocenters. The number of hydrogen-bond acceptors (Lipinski definition) is 3. The minimum Gasteiger partial charge on any atom is -0.365 e. The summed E-state index contributed by atoms with van der Waals surface area (Å²) < 4.78 is 29.8. The fraction of sp³-hybridized carbons (Fsp3) is 0.583. The Morgan fingerprint density at radius 3 is 2.65 bits per heavy atom. The Balaban J connectivity index is 1.42. The smallest absolute Gasteiger partial charge is 0.266 e. The normalized spacial score (nSPS) is 22.4. The molecule has 1 atom stereocenters. The number of hydrogen-bond donors (Lipinski definition) is 1. The number of amides is 1. The van der Waals surface area contributed by atoms with Crippen LogP contribution in [0.5, 0.6) is 0 Å². The fourth-order valence-corrected chi connectivity index (χ4v) is 4.75. The highest BCUT2D eigenvalue weighted by atomic mass is 19.3. The van der Waals surface area contributed by atoms with Crippen LogP contribution in [0.15, 0.2) is 30.7 Å². The third kappa shape index (κ3) is 4.32. The monoisotopic (exact) mass is 428 g/mol. The molecule has 1 saturated heterocycles. The summed E-state index contributed by atoms with van der Waals surface area (Å²) in [6.45, 7) is 4.02. The number of alkyl halides is 2. The van der Waals surface area contributed by atoms with Crippen LogP contribution in [-0.2, 0) is 5.66 Å². The van der Waals surface area contributed by atoms with E-state index in [-0.39, 0.29) is 18.9 Å². The van der Waals surface area contributed by atoms with Crippen molar-refractivity contribution in [3.8, 4) is 0 Å². The first-order valence-corrected chi connectivity index (χ1v) is 11.3. The molecule has 166 valence electrons. The van der Waals surface area contributed by atoms with Crippen LogP contribution in [0.1, 0.15) is 73.0 Å². The summed E-state index contributed by atoms with van der Waals surface area (Å²) in [4.78, 5) is 19.4. The molecule has 0 spiro atoms. The Morgan fingerprint density at radius 1 is 1.29 bits per heavy atom. The summed E-state index contributed by atoms with van der Waals surface area (Å²) in [6, 6.07) is 5.64. The van der Waals surface area contributed by atoms with E-state index in [9.17, 15) is 13.6 Å². The van der Waals surface area contributed by atoms with E-state index in [0.717, 1.165) is 36.2 Å². The van der Waals surface area contributed by atoms with Crippen molar-refractivity contribution in [2.24, 2.45) is 5.92 Å². The van der Waals surface area contributed by atoms with Crippen molar-refractivity contribution in [1.29, 1.82) is 0 Å². The summed E-state index contributed by atoms with van der Waals surface area (Å²) in [6.07, 6.45) is 8.98. The lowest BCUT2D eigenvalue weighted by atomic mass is 10.0. The Morgan fingerprint density at radius 2 is 2.06 bits per heavy atom. The van der Waals surface area contributed by atoms with Crippen LogP contribution in [0.25, 0.3) is 0 Å². The summed E-state index contributed by atoms with van der Waals surface area (Å²) in [7, 11) is 0. The molecular weight excluding hydrogens is 398 g/mol. The Bertz CT molecular complexity index is 995. The van der Waals surface area contributed by atoms with Gasteiger partial charge in [-0.15, -0.1) is 0 Å². The van der Waals surface area contributed by atoms with Gasteiger partial charge in [0.25, 0.3) is 11.8 Å². The van der Waals surface area contributed by atoms with Crippen LogP contribution in [-0.4, -0.2) is 34.5 Å². The van der Waals surface area contributed by atoms with Crippen LogP contribution < -0.4 is 10.2 Å². The number of carbonyl (C=O) groups is 1. The third-order valence-electron chi connectivity index (χ3n) is 6.87. The Kier molecular flexibility index (Phi) is 4.83. The van der Waals surface area contributed by atoms with Gasteiger partial charge in [0, 0.05) is 30.4 Å². The number of anilines is 1. The zero-order chi connectivity index (χ0) is 21.8. The molecule has 2 aromatic rings. The van der Waals surface area contributed by atoms with E-state index in [4.69, 9.17) is 0 Å². The zero-order valence-electron chi connectivity index (χ0n) is 18.2. The van der Waals surface area contributed by atoms with Gasteiger partial charge in [-0.25, -0.2) is 13.8 Å². The zero-order valence-corrected chi connectivity index (χ0v) is 18.2. The molecule has 1 N–H and O–H groups in total. The molecule has 3 fully saturated rings. The average Bonchev–Trinajstić information content (AvgIpc) is 3.64. The number of nitrogens with zero attached hydrogens (tertiary/aromatic N) is 3. The highest BCUT2D eigenvalue weighted by molar-refractivity contribution is 5.95. The van der Waals surface area contributed by atoms with Crippen molar-refractivity contribution in [3.63, 3.8) is 0 Å². The molecule has 2 aliphatic carbocycles. The van der Waals surface area contributed by atoms with Crippen molar-refractivity contribution in [1.82, 2.24) is 14.9 Å². The molecule has 3 aliphatic rings. The van der Waals surface area contributed by atoms with Crippen LogP contribution in [0, 0.1) is 12.8 Å². The van der Waals surface area contributed by atoms with Crippen LogP contribution >= 0.6 is 0 Å². The van der Waals surface area contributed by atoms with Crippen LogP contribution in [0.3, 0.4) is 0 Å². The van der Waals surface area contributed by atoms with Crippen molar-refractivity contribution in [2.75, 3.05) is 18.0 Å². The first-order valence-electron chi connectivity index (χ1n) is 11.3. The quantitative estimate of drug-likeness (QED) is 0.688. The number of aryl methyl sites for hydroxylation is 1. The molecule has 1 aromatic carbocycles. The number of imidazole rings is 1. The van der Waals surface area contributed by atoms with E-state index in [1.807, 2.05) is 42.8 Å². The lowest BCUT2D eigenvalue weighted by Gasteiger charge is -2.33. The maximum absolute atomic E-state index is 13.9. The van der Waals surface area contributed by atoms with Gasteiger partial charge in [0.05, 0.1) is 18.6 Å². The van der Waals surface area contributed by atoms with Gasteiger partial charge in [0.2, 0.25) is 0 Å². The molecule has 2 heterocycles. The lowest BCUT2D eigenvalue weighted by molar-refractivity contribution is 0.0257. The Labute approximate surface area is 181 Å². The summed E-state index contributed by atoms with van der Waals surface area (Å²) in [5, 5.41) is 3.23. The van der Waals surface area contributed by atoms with Gasteiger partial charge < -0.3 is 14.8 Å². The first kappa shape index (κ1) is 20.5. The molecule has 1 aliphatic heterocycles. The molecule has 1 amide bonds. The van der Waals surface area contributed by atoms with E-state index < -0.39 is 11.6 Å². The number of rotatable bonds is 7. The van der Waals surface area contributed by atoms with E-state index in [2.05, 4.69) is 10.3 Å². The fourth-order valence-electron chi connectivity index (χ4n) is 4.75. The van der Waals surface area contributed by atoms with Gasteiger partial charge in [-0.3, -0.25) is 4.79 Å². The van der Waals surface area contributed by atoms with E-state index in [1.54, 1.807) is 11.2 Å². The first-order chi connectivity index (χ1) is 14.7. The molecule has 0 bridgehead atoms. The molecule has 7 heteroatoms. The summed E-state index contributed by atoms with van der Waals surface area (Å²) >= 11 is 0. The molecule has 5 rings (SSSR count). The van der Waals surface area contributed by atoms with Gasteiger partial charge >= 0.3 is 0 Å². The second-order valence-corrected chi connectivity index (χ2v) is 9.87. The highest BCUT2D eigenvalue weighted by Crippen LogP contribution is 2.46. The summed E-state index contributed by atoms with van der Waals surface area (Å²) in [5.41, 5.74) is 2.75. The standard InChI is InChI=1S/C24H30F2N4O/c1-16-13-30(15-27-16)23(2,12-17-3-4-17)28-22(31)19-7-8-20(18-5-6-18)21(11-19)29-10-9-24(25,26)14-29/h7-8,11,13,15,17-18H,3-6,9-10,12,14H2,1-2H3,(H,28,31)/t23-/m0/s1. The number of aromatic nitrogens is 2. The van der Waals surface area contributed by atoms with E-state index in [1.165, 1.54) is 12.8 Å². The minimum absolute atomic E-state index is 0.132. The predicted octanol–water partition coefficient (Wildman–Crippen LogP) is 4.82. The van der Waals surface area contributed by atoms with Crippen molar-refractivity contribution >= 4 is 11.6 Å². The Hall–Kier alpha value is -2.44. The number of nitrogens with one attached hydrogen (secondary N) is 1. The topological polar surface area (TPSA) is 50.2 Å². The second-order valence-electron chi connectivity index (χ2n) is 9.87. The van der Waals surface area contributed by atoms with Gasteiger partial charge in [-0.2, -0.15) is 0 Å². The number of carbonyl (C=O) groups excluding carboxylic acids is 1. The average molecular weight is 429 g/mol.